The molecule has 0 spiro atoms. The summed E-state index contributed by atoms with van der Waals surface area (Å²) in [5.41, 5.74) is 0.481. The van der Waals surface area contributed by atoms with Gasteiger partial charge in [-0.25, -0.2) is 4.79 Å². The van der Waals surface area contributed by atoms with E-state index in [0.29, 0.717) is 12.1 Å². The van der Waals surface area contributed by atoms with Gasteiger partial charge in [-0.15, -0.1) is 0 Å². The standard InChI is InChI=1S/C6H9NO2/c1-4-5(6(8)9)2-3-7-4/h2,4,7H,3H2,1H3,(H,8,9). The molecule has 0 aromatic carbocycles. The zero-order valence-electron chi connectivity index (χ0n) is 5.22. The predicted molar refractivity (Wildman–Crippen MR) is 33.2 cm³/mol. The van der Waals surface area contributed by atoms with E-state index in [1.54, 1.807) is 6.08 Å². The van der Waals surface area contributed by atoms with Crippen molar-refractivity contribution in [1.82, 2.24) is 5.32 Å². The summed E-state index contributed by atoms with van der Waals surface area (Å²) in [5, 5.41) is 11.5. The van der Waals surface area contributed by atoms with Gasteiger partial charge in [0.15, 0.2) is 0 Å². The lowest BCUT2D eigenvalue weighted by Crippen LogP contribution is -2.23. The molecule has 0 aromatic heterocycles. The number of nitrogens with one attached hydrogen (secondary N) is 1. The van der Waals surface area contributed by atoms with Crippen LogP contribution in [-0.4, -0.2) is 23.7 Å². The van der Waals surface area contributed by atoms with E-state index in [2.05, 4.69) is 5.32 Å². The molecule has 1 unspecified atom stereocenters. The SMILES string of the molecule is CC1NCC=C1C(=O)O. The van der Waals surface area contributed by atoms with Gasteiger partial charge in [-0.2, -0.15) is 0 Å². The molecule has 9 heavy (non-hydrogen) atoms. The minimum atomic E-state index is -0.812. The third-order valence-electron chi connectivity index (χ3n) is 1.46. The van der Waals surface area contributed by atoms with Crippen molar-refractivity contribution in [3.05, 3.63) is 11.6 Å². The Hall–Kier alpha value is -0.830. The van der Waals surface area contributed by atoms with Crippen LogP contribution in [0.25, 0.3) is 0 Å². The van der Waals surface area contributed by atoms with E-state index in [9.17, 15) is 4.79 Å². The quantitative estimate of drug-likeness (QED) is 0.520. The average molecular weight is 127 g/mol. The molecule has 0 saturated heterocycles. The van der Waals surface area contributed by atoms with Crippen LogP contribution in [0.4, 0.5) is 0 Å². The summed E-state index contributed by atoms with van der Waals surface area (Å²) in [4.78, 5) is 10.3. The molecule has 2 N–H and O–H groups in total. The molecule has 3 nitrogen and oxygen atoms in total. The maximum Gasteiger partial charge on any atom is 0.332 e. The third kappa shape index (κ3) is 1.10. The number of hydrogen-bond donors (Lipinski definition) is 2. The summed E-state index contributed by atoms with van der Waals surface area (Å²) >= 11 is 0. The third-order valence-corrected chi connectivity index (χ3v) is 1.46. The number of hydrogen-bond acceptors (Lipinski definition) is 2. The Morgan fingerprint density at radius 2 is 2.67 bits per heavy atom. The Morgan fingerprint density at radius 3 is 2.89 bits per heavy atom. The van der Waals surface area contributed by atoms with Crippen molar-refractivity contribution in [2.24, 2.45) is 0 Å². The Balaban J connectivity index is 2.68. The summed E-state index contributed by atoms with van der Waals surface area (Å²) in [7, 11) is 0. The summed E-state index contributed by atoms with van der Waals surface area (Å²) in [6.07, 6.45) is 1.70. The molecule has 1 aliphatic heterocycles. The fraction of sp³-hybridized carbons (Fsp3) is 0.500. The minimum absolute atomic E-state index is 0.0162. The number of carbonyl (C=O) groups is 1. The Kier molecular flexibility index (Phi) is 1.53. The molecule has 1 atom stereocenters. The van der Waals surface area contributed by atoms with Crippen molar-refractivity contribution in [3.63, 3.8) is 0 Å². The number of carboxylic acids is 1. The van der Waals surface area contributed by atoms with Crippen LogP contribution in [0.2, 0.25) is 0 Å². The monoisotopic (exact) mass is 127 g/mol. The Morgan fingerprint density at radius 1 is 2.00 bits per heavy atom. The van der Waals surface area contributed by atoms with Gasteiger partial charge in [-0.05, 0) is 6.92 Å². The first-order chi connectivity index (χ1) is 4.22. The fourth-order valence-corrected chi connectivity index (χ4v) is 0.905. The number of carboxylic acid groups (broad SMARTS) is 1. The van der Waals surface area contributed by atoms with Crippen LogP contribution in [0.5, 0.6) is 0 Å². The summed E-state index contributed by atoms with van der Waals surface area (Å²) in [6, 6.07) is 0.0162. The van der Waals surface area contributed by atoms with E-state index in [-0.39, 0.29) is 6.04 Å². The van der Waals surface area contributed by atoms with Crippen molar-refractivity contribution in [1.29, 1.82) is 0 Å². The molecule has 1 heterocycles. The van der Waals surface area contributed by atoms with E-state index >= 15 is 0 Å². The van der Waals surface area contributed by atoms with Crippen molar-refractivity contribution in [3.8, 4) is 0 Å². The highest BCUT2D eigenvalue weighted by Crippen LogP contribution is 2.06. The van der Waals surface area contributed by atoms with Gasteiger partial charge in [0.05, 0.1) is 5.57 Å². The van der Waals surface area contributed by atoms with Gasteiger partial charge in [0.25, 0.3) is 0 Å². The highest BCUT2D eigenvalue weighted by molar-refractivity contribution is 5.88. The van der Waals surface area contributed by atoms with Gasteiger partial charge in [0.2, 0.25) is 0 Å². The maximum absolute atomic E-state index is 10.3. The molecular weight excluding hydrogens is 118 g/mol. The van der Waals surface area contributed by atoms with Crippen molar-refractivity contribution >= 4 is 5.97 Å². The van der Waals surface area contributed by atoms with Crippen LogP contribution in [0.15, 0.2) is 11.6 Å². The van der Waals surface area contributed by atoms with Crippen LogP contribution >= 0.6 is 0 Å². The van der Waals surface area contributed by atoms with Gasteiger partial charge >= 0.3 is 5.97 Å². The zero-order chi connectivity index (χ0) is 6.85. The average Bonchev–Trinajstić information content (AvgIpc) is 2.13. The van der Waals surface area contributed by atoms with Crippen LogP contribution in [0.1, 0.15) is 6.92 Å². The summed E-state index contributed by atoms with van der Waals surface area (Å²) in [5.74, 6) is -0.812. The van der Waals surface area contributed by atoms with Crippen LogP contribution in [0.3, 0.4) is 0 Å². The summed E-state index contributed by atoms with van der Waals surface area (Å²) < 4.78 is 0. The number of aliphatic carboxylic acids is 1. The molecule has 3 heteroatoms. The van der Waals surface area contributed by atoms with Gasteiger partial charge in [0.1, 0.15) is 0 Å². The van der Waals surface area contributed by atoms with E-state index in [4.69, 9.17) is 5.11 Å². The lowest BCUT2D eigenvalue weighted by atomic mass is 10.2. The van der Waals surface area contributed by atoms with Gasteiger partial charge in [-0.1, -0.05) is 6.08 Å². The molecule has 0 bridgehead atoms. The van der Waals surface area contributed by atoms with E-state index in [0.717, 1.165) is 0 Å². The van der Waals surface area contributed by atoms with Crippen molar-refractivity contribution in [2.45, 2.75) is 13.0 Å². The largest absolute Gasteiger partial charge is 0.478 e. The smallest absolute Gasteiger partial charge is 0.332 e. The molecule has 1 rings (SSSR count). The first-order valence-corrected chi connectivity index (χ1v) is 2.88. The van der Waals surface area contributed by atoms with Crippen molar-refractivity contribution < 1.29 is 9.90 Å². The zero-order valence-corrected chi connectivity index (χ0v) is 5.22. The molecule has 0 aliphatic carbocycles. The molecular formula is C6H9NO2. The predicted octanol–water partition coefficient (Wildman–Crippen LogP) is -0.0109. The number of rotatable bonds is 1. The van der Waals surface area contributed by atoms with Crippen molar-refractivity contribution in [2.75, 3.05) is 6.54 Å². The van der Waals surface area contributed by atoms with Crippen LogP contribution in [0, 0.1) is 0 Å². The molecule has 1 aliphatic rings. The lowest BCUT2D eigenvalue weighted by Gasteiger charge is -2.02. The molecule has 0 aromatic rings. The summed E-state index contributed by atoms with van der Waals surface area (Å²) in [6.45, 7) is 2.52. The lowest BCUT2D eigenvalue weighted by molar-refractivity contribution is -0.132. The second-order valence-electron chi connectivity index (χ2n) is 2.09. The van der Waals surface area contributed by atoms with Crippen LogP contribution < -0.4 is 5.32 Å². The van der Waals surface area contributed by atoms with Gasteiger partial charge < -0.3 is 10.4 Å². The van der Waals surface area contributed by atoms with Crippen LogP contribution in [-0.2, 0) is 4.79 Å². The Labute approximate surface area is 53.4 Å². The molecule has 50 valence electrons. The first-order valence-electron chi connectivity index (χ1n) is 2.88. The highest BCUT2D eigenvalue weighted by Gasteiger charge is 2.18. The molecule has 0 saturated carbocycles. The van der Waals surface area contributed by atoms with Gasteiger partial charge in [0, 0.05) is 12.6 Å². The van der Waals surface area contributed by atoms with E-state index in [1.165, 1.54) is 0 Å². The minimum Gasteiger partial charge on any atom is -0.478 e. The van der Waals surface area contributed by atoms with E-state index in [1.807, 2.05) is 6.92 Å². The van der Waals surface area contributed by atoms with E-state index < -0.39 is 5.97 Å². The van der Waals surface area contributed by atoms with Gasteiger partial charge in [-0.3, -0.25) is 0 Å². The molecule has 0 amide bonds. The fourth-order valence-electron chi connectivity index (χ4n) is 0.905. The molecule has 0 fully saturated rings. The second kappa shape index (κ2) is 2.19. The maximum atomic E-state index is 10.3. The normalized spacial score (nSPS) is 25.9. The first kappa shape index (κ1) is 6.29. The molecule has 0 radical (unpaired) electrons. The highest BCUT2D eigenvalue weighted by atomic mass is 16.4. The second-order valence-corrected chi connectivity index (χ2v) is 2.09. The topological polar surface area (TPSA) is 49.3 Å². The Bertz CT molecular complexity index is 162.